The van der Waals surface area contributed by atoms with Gasteiger partial charge in [-0.1, -0.05) is 12.8 Å². The van der Waals surface area contributed by atoms with Gasteiger partial charge in [-0.3, -0.25) is 9.59 Å². The zero-order valence-electron chi connectivity index (χ0n) is 12.1. The molecule has 0 bridgehead atoms. The first-order valence-electron chi connectivity index (χ1n) is 7.12. The van der Waals surface area contributed by atoms with Crippen LogP contribution in [0.5, 0.6) is 0 Å². The molecule has 5 nitrogen and oxygen atoms in total. The second-order valence-electron chi connectivity index (χ2n) is 5.70. The van der Waals surface area contributed by atoms with Gasteiger partial charge in [0.1, 0.15) is 0 Å². The fraction of sp³-hybridized carbons (Fsp3) is 0.857. The van der Waals surface area contributed by atoms with Crippen molar-refractivity contribution in [3.05, 3.63) is 0 Å². The summed E-state index contributed by atoms with van der Waals surface area (Å²) in [6, 6.07) is 0. The molecule has 1 fully saturated rings. The Morgan fingerprint density at radius 3 is 2.26 bits per heavy atom. The molecule has 110 valence electrons. The smallest absolute Gasteiger partial charge is 0.303 e. The maximum atomic E-state index is 11.7. The van der Waals surface area contributed by atoms with Crippen molar-refractivity contribution in [3.63, 3.8) is 0 Å². The minimum Gasteiger partial charge on any atom is -0.481 e. The van der Waals surface area contributed by atoms with Gasteiger partial charge in [-0.2, -0.15) is 0 Å². The Hall–Kier alpha value is -1.10. The summed E-state index contributed by atoms with van der Waals surface area (Å²) < 4.78 is 0. The van der Waals surface area contributed by atoms with Crippen molar-refractivity contribution in [1.29, 1.82) is 0 Å². The molecule has 0 spiro atoms. The molecule has 1 rings (SSSR count). The highest BCUT2D eigenvalue weighted by Crippen LogP contribution is 2.33. The SMILES string of the molecule is CN(C)C1(CNC(=O)CCCCC(=O)O)CCCC1. The number of carbonyl (C=O) groups is 2. The van der Waals surface area contributed by atoms with Gasteiger partial charge >= 0.3 is 5.97 Å². The molecule has 2 N–H and O–H groups in total. The number of carboxylic acid groups (broad SMARTS) is 1. The number of nitrogens with zero attached hydrogens (tertiary/aromatic N) is 1. The number of aliphatic carboxylic acids is 1. The number of likely N-dealkylation sites (N-methyl/N-ethyl adjacent to an activating group) is 1. The Bertz CT molecular complexity index is 310. The molecule has 1 aliphatic rings. The largest absolute Gasteiger partial charge is 0.481 e. The highest BCUT2D eigenvalue weighted by atomic mass is 16.4. The van der Waals surface area contributed by atoms with Gasteiger partial charge in [0, 0.05) is 24.9 Å². The molecule has 19 heavy (non-hydrogen) atoms. The Balaban J connectivity index is 2.23. The van der Waals surface area contributed by atoms with E-state index in [0.717, 1.165) is 12.8 Å². The topological polar surface area (TPSA) is 69.6 Å². The van der Waals surface area contributed by atoms with Crippen LogP contribution in [0.4, 0.5) is 0 Å². The maximum absolute atomic E-state index is 11.7. The van der Waals surface area contributed by atoms with Crippen LogP contribution < -0.4 is 5.32 Å². The van der Waals surface area contributed by atoms with Crippen molar-refractivity contribution in [2.24, 2.45) is 0 Å². The lowest BCUT2D eigenvalue weighted by Crippen LogP contribution is -2.50. The van der Waals surface area contributed by atoms with Crippen LogP contribution in [0.1, 0.15) is 51.4 Å². The highest BCUT2D eigenvalue weighted by Gasteiger charge is 2.35. The lowest BCUT2D eigenvalue weighted by atomic mass is 9.96. The van der Waals surface area contributed by atoms with Crippen molar-refractivity contribution < 1.29 is 14.7 Å². The Labute approximate surface area is 115 Å². The van der Waals surface area contributed by atoms with Crippen LogP contribution in [-0.4, -0.2) is 48.1 Å². The molecule has 5 heteroatoms. The van der Waals surface area contributed by atoms with Crippen LogP contribution in [0, 0.1) is 0 Å². The lowest BCUT2D eigenvalue weighted by Gasteiger charge is -2.36. The summed E-state index contributed by atoms with van der Waals surface area (Å²) in [6.45, 7) is 0.706. The van der Waals surface area contributed by atoms with Crippen LogP contribution in [0.15, 0.2) is 0 Å². The quantitative estimate of drug-likeness (QED) is 0.658. The molecule has 0 radical (unpaired) electrons. The predicted molar refractivity (Wildman–Crippen MR) is 74.0 cm³/mol. The Morgan fingerprint density at radius 1 is 1.16 bits per heavy atom. The molecule has 1 aliphatic carbocycles. The number of carboxylic acids is 1. The van der Waals surface area contributed by atoms with Gasteiger partial charge in [-0.25, -0.2) is 0 Å². The standard InChI is InChI=1S/C14H26N2O3/c1-16(2)14(9-5-6-10-14)11-15-12(17)7-3-4-8-13(18)19/h3-11H2,1-2H3,(H,15,17)(H,18,19). The van der Waals surface area contributed by atoms with Gasteiger partial charge in [-0.05, 0) is 39.8 Å². The number of hydrogen-bond donors (Lipinski definition) is 2. The third-order valence-corrected chi connectivity index (χ3v) is 4.14. The summed E-state index contributed by atoms with van der Waals surface area (Å²) in [5.41, 5.74) is 0.122. The van der Waals surface area contributed by atoms with E-state index in [4.69, 9.17) is 5.11 Å². The minimum atomic E-state index is -0.794. The van der Waals surface area contributed by atoms with Crippen molar-refractivity contribution >= 4 is 11.9 Å². The van der Waals surface area contributed by atoms with Gasteiger partial charge < -0.3 is 15.3 Å². The fourth-order valence-electron chi connectivity index (χ4n) is 2.73. The highest BCUT2D eigenvalue weighted by molar-refractivity contribution is 5.76. The normalized spacial score (nSPS) is 17.6. The zero-order chi connectivity index (χ0) is 14.3. The van der Waals surface area contributed by atoms with Crippen molar-refractivity contribution in [2.45, 2.75) is 56.9 Å². The van der Waals surface area contributed by atoms with Gasteiger partial charge in [0.2, 0.25) is 5.91 Å². The maximum Gasteiger partial charge on any atom is 0.303 e. The summed E-state index contributed by atoms with van der Waals surface area (Å²) in [7, 11) is 4.15. The van der Waals surface area contributed by atoms with E-state index in [2.05, 4.69) is 24.3 Å². The van der Waals surface area contributed by atoms with Crippen LogP contribution in [-0.2, 0) is 9.59 Å². The average Bonchev–Trinajstić information content (AvgIpc) is 2.82. The summed E-state index contributed by atoms with van der Waals surface area (Å²) >= 11 is 0. The van der Waals surface area contributed by atoms with E-state index < -0.39 is 5.97 Å². The molecule has 0 atom stereocenters. The van der Waals surface area contributed by atoms with Crippen LogP contribution >= 0.6 is 0 Å². The van der Waals surface area contributed by atoms with E-state index in [-0.39, 0.29) is 17.9 Å². The zero-order valence-corrected chi connectivity index (χ0v) is 12.1. The number of amides is 1. The van der Waals surface area contributed by atoms with E-state index >= 15 is 0 Å². The van der Waals surface area contributed by atoms with Crippen molar-refractivity contribution in [2.75, 3.05) is 20.6 Å². The number of rotatable bonds is 8. The molecule has 0 saturated heterocycles. The number of hydrogen-bond acceptors (Lipinski definition) is 3. The average molecular weight is 270 g/mol. The molecular formula is C14H26N2O3. The number of nitrogens with one attached hydrogen (secondary N) is 1. The molecule has 0 aromatic carbocycles. The molecule has 1 amide bonds. The second-order valence-corrected chi connectivity index (χ2v) is 5.70. The molecule has 0 aromatic rings. The first-order valence-corrected chi connectivity index (χ1v) is 7.12. The first-order chi connectivity index (χ1) is 8.96. The molecule has 0 unspecified atom stereocenters. The summed E-state index contributed by atoms with van der Waals surface area (Å²) in [6.07, 6.45) is 6.53. The van der Waals surface area contributed by atoms with E-state index in [1.807, 2.05) is 0 Å². The van der Waals surface area contributed by atoms with E-state index in [9.17, 15) is 9.59 Å². The second kappa shape index (κ2) is 7.48. The van der Waals surface area contributed by atoms with Crippen LogP contribution in [0.3, 0.4) is 0 Å². The summed E-state index contributed by atoms with van der Waals surface area (Å²) in [5.74, 6) is -0.753. The van der Waals surface area contributed by atoms with Crippen LogP contribution in [0.2, 0.25) is 0 Å². The van der Waals surface area contributed by atoms with Crippen LogP contribution in [0.25, 0.3) is 0 Å². The van der Waals surface area contributed by atoms with E-state index in [0.29, 0.717) is 25.8 Å². The monoisotopic (exact) mass is 270 g/mol. The first kappa shape index (κ1) is 16.0. The molecule has 0 aliphatic heterocycles. The van der Waals surface area contributed by atoms with Gasteiger partial charge in [0.05, 0.1) is 0 Å². The summed E-state index contributed by atoms with van der Waals surface area (Å²) in [4.78, 5) is 24.3. The molecule has 0 heterocycles. The van der Waals surface area contributed by atoms with Crippen molar-refractivity contribution in [3.8, 4) is 0 Å². The van der Waals surface area contributed by atoms with Gasteiger partial charge in [0.25, 0.3) is 0 Å². The number of unbranched alkanes of at least 4 members (excludes halogenated alkanes) is 1. The molecular weight excluding hydrogens is 244 g/mol. The van der Waals surface area contributed by atoms with E-state index in [1.54, 1.807) is 0 Å². The van der Waals surface area contributed by atoms with Gasteiger partial charge in [0.15, 0.2) is 0 Å². The molecule has 0 aromatic heterocycles. The van der Waals surface area contributed by atoms with E-state index in [1.165, 1.54) is 12.8 Å². The minimum absolute atomic E-state index is 0.0403. The summed E-state index contributed by atoms with van der Waals surface area (Å²) in [5, 5.41) is 11.5. The third kappa shape index (κ3) is 5.19. The lowest BCUT2D eigenvalue weighted by molar-refractivity contribution is -0.137. The third-order valence-electron chi connectivity index (χ3n) is 4.14. The van der Waals surface area contributed by atoms with Crippen molar-refractivity contribution in [1.82, 2.24) is 10.2 Å². The Kier molecular flexibility index (Phi) is 6.28. The predicted octanol–water partition coefficient (Wildman–Crippen LogP) is 1.62. The number of carbonyl (C=O) groups excluding carboxylic acids is 1. The molecule has 1 saturated carbocycles. The Morgan fingerprint density at radius 2 is 1.74 bits per heavy atom. The fourth-order valence-corrected chi connectivity index (χ4v) is 2.73. The van der Waals surface area contributed by atoms with Gasteiger partial charge in [-0.15, -0.1) is 0 Å².